The second kappa shape index (κ2) is 4.41. The summed E-state index contributed by atoms with van der Waals surface area (Å²) in [6, 6.07) is 5.99. The molecule has 1 rings (SSSR count). The van der Waals surface area contributed by atoms with E-state index in [1.54, 1.807) is 6.21 Å². The van der Waals surface area contributed by atoms with E-state index >= 15 is 0 Å². The lowest BCUT2D eigenvalue weighted by Gasteiger charge is -2.01. The van der Waals surface area contributed by atoms with Crippen molar-refractivity contribution in [2.24, 2.45) is 21.7 Å². The van der Waals surface area contributed by atoms with Crippen LogP contribution in [0.25, 0.3) is 0 Å². The molecule has 0 heterocycles. The molecule has 1 aromatic carbocycles. The maximum atomic E-state index is 5.14. The minimum atomic E-state index is -0.0356. The topological polar surface area (TPSA) is 76.8 Å². The van der Waals surface area contributed by atoms with Gasteiger partial charge in [0.05, 0.1) is 6.21 Å². The Kier molecular flexibility index (Phi) is 3.23. The van der Waals surface area contributed by atoms with Crippen molar-refractivity contribution in [1.29, 1.82) is 0 Å². The Labute approximate surface area is 83.3 Å². The van der Waals surface area contributed by atoms with Crippen molar-refractivity contribution < 1.29 is 0 Å². The van der Waals surface area contributed by atoms with Crippen molar-refractivity contribution in [3.8, 4) is 0 Å². The van der Waals surface area contributed by atoms with Gasteiger partial charge in [0.25, 0.3) is 0 Å². The molecule has 4 N–H and O–H groups in total. The zero-order valence-corrected chi connectivity index (χ0v) is 8.36. The van der Waals surface area contributed by atoms with Crippen LogP contribution in [0.4, 0.5) is 0 Å². The molecular formula is C10H14N4. The minimum absolute atomic E-state index is 0.0356. The molecule has 0 amide bonds. The van der Waals surface area contributed by atoms with Gasteiger partial charge in [-0.2, -0.15) is 5.10 Å². The van der Waals surface area contributed by atoms with Gasteiger partial charge in [-0.1, -0.05) is 18.2 Å². The summed E-state index contributed by atoms with van der Waals surface area (Å²) in [5, 5.41) is 7.29. The molecule has 0 atom stereocenters. The van der Waals surface area contributed by atoms with Gasteiger partial charge in [0, 0.05) is 0 Å². The van der Waals surface area contributed by atoms with E-state index < -0.39 is 0 Å². The highest BCUT2D eigenvalue weighted by Gasteiger charge is 1.96. The number of guanidine groups is 1. The summed E-state index contributed by atoms with van der Waals surface area (Å²) in [4.78, 5) is 0. The Hall–Kier alpha value is -1.84. The molecule has 4 heteroatoms. The summed E-state index contributed by atoms with van der Waals surface area (Å²) in [5.74, 6) is -0.0356. The molecule has 74 valence electrons. The fraction of sp³-hybridized carbons (Fsp3) is 0.200. The van der Waals surface area contributed by atoms with Crippen LogP contribution in [0.15, 0.2) is 28.4 Å². The molecular weight excluding hydrogens is 176 g/mol. The van der Waals surface area contributed by atoms with E-state index in [-0.39, 0.29) is 5.96 Å². The first-order chi connectivity index (χ1) is 6.61. The van der Waals surface area contributed by atoms with Crippen molar-refractivity contribution in [2.75, 3.05) is 0 Å². The van der Waals surface area contributed by atoms with Crippen LogP contribution in [-0.4, -0.2) is 12.2 Å². The van der Waals surface area contributed by atoms with Crippen molar-refractivity contribution in [3.05, 3.63) is 34.9 Å². The van der Waals surface area contributed by atoms with Crippen molar-refractivity contribution in [3.63, 3.8) is 0 Å². The molecule has 0 spiro atoms. The maximum Gasteiger partial charge on any atom is 0.211 e. The first kappa shape index (κ1) is 10.2. The molecule has 0 unspecified atom stereocenters. The Bertz CT molecular complexity index is 376. The summed E-state index contributed by atoms with van der Waals surface area (Å²) in [6.07, 6.45) is 1.64. The highest BCUT2D eigenvalue weighted by Crippen LogP contribution is 2.10. The second-order valence-corrected chi connectivity index (χ2v) is 3.06. The van der Waals surface area contributed by atoms with Gasteiger partial charge in [0.1, 0.15) is 0 Å². The molecule has 0 saturated heterocycles. The molecule has 14 heavy (non-hydrogen) atoms. The third-order valence-electron chi connectivity index (χ3n) is 2.02. The number of nitrogens with two attached hydrogens (primary N) is 2. The zero-order chi connectivity index (χ0) is 10.6. The molecule has 0 aliphatic rings. The standard InChI is InChI=1S/C10H14N4/c1-7-4-3-5-9(8(7)2)6-13-14-10(11)12/h3-6H,1-2H3,(H4,11,12,14)/b13-6+. The number of rotatable bonds is 2. The van der Waals surface area contributed by atoms with E-state index in [9.17, 15) is 0 Å². The van der Waals surface area contributed by atoms with Crippen LogP contribution >= 0.6 is 0 Å². The molecule has 0 aromatic heterocycles. The quantitative estimate of drug-likeness (QED) is 0.413. The SMILES string of the molecule is Cc1cccc(/C=N/N=C(N)N)c1C. The summed E-state index contributed by atoms with van der Waals surface area (Å²) in [7, 11) is 0. The van der Waals surface area contributed by atoms with Crippen molar-refractivity contribution >= 4 is 12.2 Å². The van der Waals surface area contributed by atoms with Gasteiger partial charge >= 0.3 is 0 Å². The Morgan fingerprint density at radius 3 is 2.64 bits per heavy atom. The fourth-order valence-corrected chi connectivity index (χ4v) is 1.07. The van der Waals surface area contributed by atoms with E-state index in [0.29, 0.717) is 0 Å². The number of hydrogen-bond donors (Lipinski definition) is 2. The van der Waals surface area contributed by atoms with Gasteiger partial charge in [-0.3, -0.25) is 0 Å². The molecule has 4 nitrogen and oxygen atoms in total. The Morgan fingerprint density at radius 2 is 2.00 bits per heavy atom. The first-order valence-corrected chi connectivity index (χ1v) is 4.29. The van der Waals surface area contributed by atoms with E-state index in [4.69, 9.17) is 11.5 Å². The van der Waals surface area contributed by atoms with Gasteiger partial charge < -0.3 is 11.5 Å². The highest BCUT2D eigenvalue weighted by atomic mass is 15.3. The average molecular weight is 190 g/mol. The molecule has 0 aliphatic carbocycles. The van der Waals surface area contributed by atoms with Crippen LogP contribution in [0.5, 0.6) is 0 Å². The van der Waals surface area contributed by atoms with Gasteiger partial charge in [0.15, 0.2) is 0 Å². The summed E-state index contributed by atoms with van der Waals surface area (Å²) >= 11 is 0. The minimum Gasteiger partial charge on any atom is -0.369 e. The first-order valence-electron chi connectivity index (χ1n) is 4.29. The molecule has 0 radical (unpaired) electrons. The number of benzene rings is 1. The monoisotopic (exact) mass is 190 g/mol. The van der Waals surface area contributed by atoms with Gasteiger partial charge in [0.2, 0.25) is 5.96 Å². The van der Waals surface area contributed by atoms with Crippen LogP contribution < -0.4 is 11.5 Å². The molecule has 1 aromatic rings. The molecule has 0 aliphatic heterocycles. The van der Waals surface area contributed by atoms with E-state index in [1.807, 2.05) is 32.0 Å². The second-order valence-electron chi connectivity index (χ2n) is 3.06. The number of hydrogen-bond acceptors (Lipinski definition) is 2. The van der Waals surface area contributed by atoms with Crippen molar-refractivity contribution in [2.45, 2.75) is 13.8 Å². The predicted molar refractivity (Wildman–Crippen MR) is 59.3 cm³/mol. The lowest BCUT2D eigenvalue weighted by Crippen LogP contribution is -2.21. The van der Waals surface area contributed by atoms with Gasteiger partial charge in [-0.25, -0.2) is 0 Å². The highest BCUT2D eigenvalue weighted by molar-refractivity contribution is 5.83. The Morgan fingerprint density at radius 1 is 1.29 bits per heavy atom. The molecule has 0 saturated carbocycles. The third-order valence-corrected chi connectivity index (χ3v) is 2.02. The average Bonchev–Trinajstić information content (AvgIpc) is 2.12. The summed E-state index contributed by atoms with van der Waals surface area (Å²) in [6.45, 7) is 4.08. The number of nitrogens with zero attached hydrogens (tertiary/aromatic N) is 2. The van der Waals surface area contributed by atoms with Crippen LogP contribution in [0.1, 0.15) is 16.7 Å². The Balaban J connectivity index is 2.92. The largest absolute Gasteiger partial charge is 0.369 e. The fourth-order valence-electron chi connectivity index (χ4n) is 1.07. The van der Waals surface area contributed by atoms with Crippen LogP contribution in [0, 0.1) is 13.8 Å². The smallest absolute Gasteiger partial charge is 0.211 e. The van der Waals surface area contributed by atoms with E-state index in [0.717, 1.165) is 5.56 Å². The summed E-state index contributed by atoms with van der Waals surface area (Å²) in [5.41, 5.74) is 13.7. The zero-order valence-electron chi connectivity index (χ0n) is 8.36. The van der Waals surface area contributed by atoms with E-state index in [2.05, 4.69) is 10.2 Å². The molecule has 0 fully saturated rings. The van der Waals surface area contributed by atoms with Crippen LogP contribution in [0.3, 0.4) is 0 Å². The lowest BCUT2D eigenvalue weighted by molar-refractivity contribution is 1.21. The number of aryl methyl sites for hydroxylation is 1. The van der Waals surface area contributed by atoms with Gasteiger partial charge in [-0.15, -0.1) is 5.10 Å². The predicted octanol–water partition coefficient (Wildman–Crippen LogP) is 0.911. The van der Waals surface area contributed by atoms with Gasteiger partial charge in [-0.05, 0) is 30.5 Å². The van der Waals surface area contributed by atoms with Crippen molar-refractivity contribution in [1.82, 2.24) is 0 Å². The normalized spacial score (nSPS) is 10.4. The lowest BCUT2D eigenvalue weighted by atomic mass is 10.0. The maximum absolute atomic E-state index is 5.14. The molecule has 0 bridgehead atoms. The van der Waals surface area contributed by atoms with E-state index in [1.165, 1.54) is 11.1 Å². The van der Waals surface area contributed by atoms with Crippen LogP contribution in [0.2, 0.25) is 0 Å². The third kappa shape index (κ3) is 2.58. The van der Waals surface area contributed by atoms with Crippen LogP contribution in [-0.2, 0) is 0 Å². The summed E-state index contributed by atoms with van der Waals surface area (Å²) < 4.78 is 0.